The van der Waals surface area contributed by atoms with Crippen LogP contribution in [0.4, 0.5) is 18.2 Å². The van der Waals surface area contributed by atoms with Gasteiger partial charge in [-0.2, -0.15) is 13.2 Å². The van der Waals surface area contributed by atoms with Crippen molar-refractivity contribution in [2.24, 2.45) is 0 Å². The maximum absolute atomic E-state index is 11.9. The van der Waals surface area contributed by atoms with Crippen molar-refractivity contribution in [1.29, 1.82) is 0 Å². The average molecular weight is 181 g/mol. The summed E-state index contributed by atoms with van der Waals surface area (Å²) in [6.07, 6.45) is -4.22. The summed E-state index contributed by atoms with van der Waals surface area (Å²) in [5.41, 5.74) is -0.591. The molecule has 1 heterocycles. The van der Waals surface area contributed by atoms with Crippen LogP contribution in [-0.4, -0.2) is 7.05 Å². The standard InChI is InChI=1S/C6H6F3NS/c1-10-5-2-4(3-11-5)6(7,8)9/h2-3,10H,1H3. The monoisotopic (exact) mass is 181 g/mol. The number of rotatable bonds is 1. The van der Waals surface area contributed by atoms with Crippen molar-refractivity contribution in [2.75, 3.05) is 12.4 Å². The first-order chi connectivity index (χ1) is 5.04. The van der Waals surface area contributed by atoms with Crippen molar-refractivity contribution in [3.8, 4) is 0 Å². The first-order valence-corrected chi connectivity index (χ1v) is 3.75. The van der Waals surface area contributed by atoms with Gasteiger partial charge >= 0.3 is 6.18 Å². The molecule has 0 saturated heterocycles. The molecule has 1 nitrogen and oxygen atoms in total. The normalized spacial score (nSPS) is 11.6. The van der Waals surface area contributed by atoms with Crippen LogP contribution in [-0.2, 0) is 6.18 Å². The number of alkyl halides is 3. The van der Waals surface area contributed by atoms with Gasteiger partial charge in [0.05, 0.1) is 10.6 Å². The Morgan fingerprint density at radius 1 is 1.45 bits per heavy atom. The molecular weight excluding hydrogens is 175 g/mol. The molecule has 0 aliphatic carbocycles. The summed E-state index contributed by atoms with van der Waals surface area (Å²) in [5, 5.41) is 4.25. The van der Waals surface area contributed by atoms with Gasteiger partial charge in [0, 0.05) is 12.4 Å². The highest BCUT2D eigenvalue weighted by molar-refractivity contribution is 7.14. The maximum Gasteiger partial charge on any atom is 0.417 e. The molecule has 0 fully saturated rings. The van der Waals surface area contributed by atoms with Crippen molar-refractivity contribution in [3.05, 3.63) is 17.0 Å². The summed E-state index contributed by atoms with van der Waals surface area (Å²) in [6.45, 7) is 0. The minimum atomic E-state index is -4.22. The molecule has 1 aromatic heterocycles. The van der Waals surface area contributed by atoms with Gasteiger partial charge in [-0.1, -0.05) is 0 Å². The highest BCUT2D eigenvalue weighted by atomic mass is 32.1. The van der Waals surface area contributed by atoms with Gasteiger partial charge in [-0.25, -0.2) is 0 Å². The van der Waals surface area contributed by atoms with E-state index in [0.29, 0.717) is 5.00 Å². The first kappa shape index (κ1) is 8.39. The van der Waals surface area contributed by atoms with Crippen LogP contribution in [0.5, 0.6) is 0 Å². The van der Waals surface area contributed by atoms with Crippen molar-refractivity contribution in [1.82, 2.24) is 0 Å². The minimum absolute atomic E-state index is 0.525. The molecule has 1 rings (SSSR count). The van der Waals surface area contributed by atoms with Crippen LogP contribution >= 0.6 is 11.3 Å². The number of halogens is 3. The summed E-state index contributed by atoms with van der Waals surface area (Å²) in [6, 6.07) is 1.09. The zero-order valence-corrected chi connectivity index (χ0v) is 6.51. The summed E-state index contributed by atoms with van der Waals surface area (Å²) in [7, 11) is 1.59. The third-order valence-corrected chi connectivity index (χ3v) is 2.12. The molecule has 0 radical (unpaired) electrons. The van der Waals surface area contributed by atoms with Gasteiger partial charge in [0.15, 0.2) is 0 Å². The molecule has 0 amide bonds. The molecule has 0 aromatic carbocycles. The Kier molecular flexibility index (Phi) is 2.08. The van der Waals surface area contributed by atoms with Crippen LogP contribution in [0.1, 0.15) is 5.56 Å². The van der Waals surface area contributed by atoms with Crippen molar-refractivity contribution in [3.63, 3.8) is 0 Å². The lowest BCUT2D eigenvalue weighted by Crippen LogP contribution is -2.02. The van der Waals surface area contributed by atoms with E-state index < -0.39 is 11.7 Å². The lowest BCUT2D eigenvalue weighted by Gasteiger charge is -2.00. The molecule has 0 aliphatic rings. The Bertz CT molecular complexity index is 240. The maximum atomic E-state index is 11.9. The summed E-state index contributed by atoms with van der Waals surface area (Å²) in [5.74, 6) is 0. The highest BCUT2D eigenvalue weighted by Crippen LogP contribution is 2.34. The summed E-state index contributed by atoms with van der Waals surface area (Å²) >= 11 is 1.05. The number of nitrogens with one attached hydrogen (secondary N) is 1. The van der Waals surface area contributed by atoms with Crippen LogP contribution in [0.25, 0.3) is 0 Å². The second kappa shape index (κ2) is 2.73. The van der Waals surface area contributed by atoms with E-state index in [-0.39, 0.29) is 0 Å². The first-order valence-electron chi connectivity index (χ1n) is 2.87. The van der Waals surface area contributed by atoms with E-state index in [9.17, 15) is 13.2 Å². The van der Waals surface area contributed by atoms with Gasteiger partial charge in [0.1, 0.15) is 0 Å². The molecule has 0 unspecified atom stereocenters. The average Bonchev–Trinajstić information content (AvgIpc) is 2.32. The molecule has 1 aromatic rings. The predicted octanol–water partition coefficient (Wildman–Crippen LogP) is 2.81. The molecule has 0 bridgehead atoms. The number of thiophene rings is 1. The van der Waals surface area contributed by atoms with Gasteiger partial charge in [-0.05, 0) is 6.07 Å². The topological polar surface area (TPSA) is 12.0 Å². The smallest absolute Gasteiger partial charge is 0.380 e. The van der Waals surface area contributed by atoms with Gasteiger partial charge in [0.25, 0.3) is 0 Å². The fourth-order valence-electron chi connectivity index (χ4n) is 0.616. The Morgan fingerprint density at radius 2 is 2.09 bits per heavy atom. The molecule has 0 spiro atoms. The third-order valence-electron chi connectivity index (χ3n) is 1.17. The molecular formula is C6H6F3NS. The van der Waals surface area contributed by atoms with Gasteiger partial charge < -0.3 is 5.32 Å². The SMILES string of the molecule is CNc1cc(C(F)(F)F)cs1. The second-order valence-electron chi connectivity index (χ2n) is 1.95. The predicted molar refractivity (Wildman–Crippen MR) is 38.9 cm³/mol. The molecule has 0 atom stereocenters. The molecule has 11 heavy (non-hydrogen) atoms. The molecule has 5 heteroatoms. The fraction of sp³-hybridized carbons (Fsp3) is 0.333. The Morgan fingerprint density at radius 3 is 2.36 bits per heavy atom. The van der Waals surface area contributed by atoms with Crippen molar-refractivity contribution < 1.29 is 13.2 Å². The number of anilines is 1. The number of hydrogen-bond donors (Lipinski definition) is 1. The second-order valence-corrected chi connectivity index (χ2v) is 2.86. The zero-order chi connectivity index (χ0) is 8.48. The fourth-order valence-corrected chi connectivity index (χ4v) is 1.38. The van der Waals surface area contributed by atoms with Crippen LogP contribution in [0.15, 0.2) is 11.4 Å². The van der Waals surface area contributed by atoms with Crippen LogP contribution in [0.2, 0.25) is 0 Å². The largest absolute Gasteiger partial charge is 0.417 e. The lowest BCUT2D eigenvalue weighted by molar-refractivity contribution is -0.137. The van der Waals surface area contributed by atoms with E-state index in [0.717, 1.165) is 22.8 Å². The Balaban J connectivity index is 2.89. The van der Waals surface area contributed by atoms with E-state index in [1.807, 2.05) is 0 Å². The zero-order valence-electron chi connectivity index (χ0n) is 5.70. The van der Waals surface area contributed by atoms with Crippen molar-refractivity contribution in [2.45, 2.75) is 6.18 Å². The summed E-state index contributed by atoms with van der Waals surface area (Å²) in [4.78, 5) is 0. The minimum Gasteiger partial charge on any atom is -0.380 e. The van der Waals surface area contributed by atoms with Crippen LogP contribution < -0.4 is 5.32 Å². The molecule has 62 valence electrons. The quantitative estimate of drug-likeness (QED) is 0.702. The molecule has 1 N–H and O–H groups in total. The van der Waals surface area contributed by atoms with E-state index in [4.69, 9.17) is 0 Å². The number of hydrogen-bond acceptors (Lipinski definition) is 2. The molecule has 0 saturated carbocycles. The molecule has 0 aliphatic heterocycles. The van der Waals surface area contributed by atoms with E-state index in [1.165, 1.54) is 0 Å². The third kappa shape index (κ3) is 1.86. The summed E-state index contributed by atoms with van der Waals surface area (Å²) < 4.78 is 35.7. The Labute approximate surface area is 65.8 Å². The Hall–Kier alpha value is -0.710. The van der Waals surface area contributed by atoms with Crippen LogP contribution in [0.3, 0.4) is 0 Å². The van der Waals surface area contributed by atoms with Gasteiger partial charge in [-0.3, -0.25) is 0 Å². The van der Waals surface area contributed by atoms with Crippen LogP contribution in [0, 0.1) is 0 Å². The van der Waals surface area contributed by atoms with Crippen molar-refractivity contribution >= 4 is 16.3 Å². The highest BCUT2D eigenvalue weighted by Gasteiger charge is 2.31. The lowest BCUT2D eigenvalue weighted by atomic mass is 10.3. The van der Waals surface area contributed by atoms with E-state index in [1.54, 1.807) is 7.05 Å². The van der Waals surface area contributed by atoms with E-state index >= 15 is 0 Å². The van der Waals surface area contributed by atoms with Gasteiger partial charge in [0.2, 0.25) is 0 Å². The van der Waals surface area contributed by atoms with Gasteiger partial charge in [-0.15, -0.1) is 11.3 Å². The van der Waals surface area contributed by atoms with E-state index in [2.05, 4.69) is 5.32 Å².